The number of benzene rings is 1. The van der Waals surface area contributed by atoms with Crippen molar-refractivity contribution >= 4 is 11.9 Å². The molecule has 3 fully saturated rings. The number of aryl methyl sites for hydroxylation is 1. The Morgan fingerprint density at radius 1 is 1.14 bits per heavy atom. The Bertz CT molecular complexity index is 1080. The van der Waals surface area contributed by atoms with Crippen LogP contribution in [0, 0.1) is 10.8 Å². The van der Waals surface area contributed by atoms with E-state index >= 15 is 0 Å². The topological polar surface area (TPSA) is 66.8 Å². The minimum atomic E-state index is -4.50. The quantitative estimate of drug-likeness (QED) is 0.462. The summed E-state index contributed by atoms with van der Waals surface area (Å²) in [5.41, 5.74) is -1.31. The molecular weight excluding hydrogens is 471 g/mol. The van der Waals surface area contributed by atoms with Gasteiger partial charge >= 0.3 is 12.1 Å². The molecule has 8 heteroatoms. The van der Waals surface area contributed by atoms with Crippen molar-refractivity contribution in [2.24, 2.45) is 10.8 Å². The second kappa shape index (κ2) is 8.61. The molecule has 5 nitrogen and oxygen atoms in total. The summed E-state index contributed by atoms with van der Waals surface area (Å²) in [6.07, 6.45) is -0.0196. The van der Waals surface area contributed by atoms with Crippen molar-refractivity contribution < 1.29 is 32.6 Å². The molecule has 1 N–H and O–H groups in total. The Labute approximate surface area is 210 Å². The SMILES string of the molecule is COCCC1=CN(C23CC(C(=O)O)(C2)C3)C(=O)C[C@@]1(C)c1ccc(CCC(C)(C)C)c(C(F)(F)F)c1. The van der Waals surface area contributed by atoms with Gasteiger partial charge in [-0.05, 0) is 66.7 Å². The van der Waals surface area contributed by atoms with Crippen LogP contribution in [0.15, 0.2) is 30.0 Å². The molecule has 2 bridgehead atoms. The number of hydrogen-bond acceptors (Lipinski definition) is 3. The minimum absolute atomic E-state index is 0.0308. The van der Waals surface area contributed by atoms with E-state index < -0.39 is 34.1 Å². The van der Waals surface area contributed by atoms with Crippen LogP contribution >= 0.6 is 0 Å². The fourth-order valence-electron chi connectivity index (χ4n) is 6.24. The predicted octanol–water partition coefficient (Wildman–Crippen LogP) is 6.10. The molecule has 0 spiro atoms. The molecular formula is C28H36F3NO4. The van der Waals surface area contributed by atoms with E-state index in [0.717, 1.165) is 5.57 Å². The third kappa shape index (κ3) is 4.46. The third-order valence-electron chi connectivity index (χ3n) is 8.51. The van der Waals surface area contributed by atoms with E-state index in [1.54, 1.807) is 30.3 Å². The van der Waals surface area contributed by atoms with Crippen LogP contribution in [0.2, 0.25) is 0 Å². The summed E-state index contributed by atoms with van der Waals surface area (Å²) in [5, 5.41) is 9.48. The molecule has 0 saturated heterocycles. The van der Waals surface area contributed by atoms with Crippen LogP contribution in [0.3, 0.4) is 0 Å². The standard InChI is InChI=1S/C28H36F3NO4/c1-24(2,3)10-8-18-6-7-19(12-21(18)28(29,30)31)25(4)13-22(33)32(14-20(25)9-11-36-5)27-15-26(16-27,17-27)23(34)35/h6-7,12,14H,8-11,13,15-17H2,1-5H3,(H,34,35)/t25-,26?,27?/m0/s1. The zero-order valence-electron chi connectivity index (χ0n) is 21.7. The van der Waals surface area contributed by atoms with Crippen molar-refractivity contribution in [2.45, 2.75) is 89.8 Å². The van der Waals surface area contributed by atoms with E-state index in [2.05, 4.69) is 0 Å². The molecule has 1 atom stereocenters. The average molecular weight is 508 g/mol. The number of carbonyl (C=O) groups excluding carboxylic acids is 1. The number of methoxy groups -OCH3 is 1. The summed E-state index contributed by atoms with van der Waals surface area (Å²) < 4.78 is 47.7. The van der Waals surface area contributed by atoms with Crippen LogP contribution in [0.4, 0.5) is 13.2 Å². The van der Waals surface area contributed by atoms with Gasteiger partial charge in [0.1, 0.15) is 0 Å². The molecule has 0 radical (unpaired) electrons. The second-order valence-corrected chi connectivity index (χ2v) is 12.4. The van der Waals surface area contributed by atoms with Crippen molar-refractivity contribution in [1.82, 2.24) is 4.90 Å². The third-order valence-corrected chi connectivity index (χ3v) is 8.51. The lowest BCUT2D eigenvalue weighted by Gasteiger charge is -2.71. The van der Waals surface area contributed by atoms with Crippen LogP contribution < -0.4 is 0 Å². The minimum Gasteiger partial charge on any atom is -0.481 e. The van der Waals surface area contributed by atoms with E-state index in [-0.39, 0.29) is 23.3 Å². The Morgan fingerprint density at radius 3 is 2.31 bits per heavy atom. The average Bonchev–Trinajstić information content (AvgIpc) is 2.69. The summed E-state index contributed by atoms with van der Waals surface area (Å²) >= 11 is 0. The van der Waals surface area contributed by atoms with Gasteiger partial charge in [-0.15, -0.1) is 0 Å². The van der Waals surface area contributed by atoms with Crippen molar-refractivity contribution in [3.63, 3.8) is 0 Å². The summed E-state index contributed by atoms with van der Waals surface area (Å²) in [5.74, 6) is -1.00. The molecule has 36 heavy (non-hydrogen) atoms. The highest BCUT2D eigenvalue weighted by molar-refractivity contribution is 5.86. The molecule has 0 unspecified atom stereocenters. The van der Waals surface area contributed by atoms with Gasteiger partial charge < -0.3 is 14.7 Å². The van der Waals surface area contributed by atoms with Crippen LogP contribution in [-0.4, -0.2) is 41.1 Å². The number of hydrogen-bond donors (Lipinski definition) is 1. The van der Waals surface area contributed by atoms with Gasteiger partial charge in [0.05, 0.1) is 16.5 Å². The van der Waals surface area contributed by atoms with Crippen LogP contribution in [0.1, 0.15) is 82.9 Å². The predicted molar refractivity (Wildman–Crippen MR) is 129 cm³/mol. The molecule has 1 amide bonds. The first kappa shape index (κ1) is 26.7. The van der Waals surface area contributed by atoms with E-state index in [9.17, 15) is 27.9 Å². The van der Waals surface area contributed by atoms with E-state index in [0.29, 0.717) is 50.7 Å². The maximum Gasteiger partial charge on any atom is 0.416 e. The largest absolute Gasteiger partial charge is 0.481 e. The normalized spacial score (nSPS) is 29.9. The summed E-state index contributed by atoms with van der Waals surface area (Å²) in [6, 6.07) is 4.52. The molecule has 0 aromatic heterocycles. The Hall–Kier alpha value is -2.35. The zero-order chi connectivity index (χ0) is 26.7. The number of aliphatic carboxylic acids is 1. The summed E-state index contributed by atoms with van der Waals surface area (Å²) in [7, 11) is 1.56. The van der Waals surface area contributed by atoms with Gasteiger partial charge in [0.25, 0.3) is 0 Å². The number of carboxylic acid groups (broad SMARTS) is 1. The van der Waals surface area contributed by atoms with Crippen molar-refractivity contribution in [3.8, 4) is 0 Å². The van der Waals surface area contributed by atoms with E-state index in [4.69, 9.17) is 4.74 Å². The number of nitrogens with zero attached hydrogens (tertiary/aromatic N) is 1. The van der Waals surface area contributed by atoms with Crippen molar-refractivity contribution in [3.05, 3.63) is 46.7 Å². The lowest BCUT2D eigenvalue weighted by atomic mass is 9.38. The first-order valence-corrected chi connectivity index (χ1v) is 12.5. The van der Waals surface area contributed by atoms with E-state index in [1.165, 1.54) is 6.07 Å². The molecule has 198 valence electrons. The molecule has 5 rings (SSSR count). The highest BCUT2D eigenvalue weighted by Gasteiger charge is 2.75. The monoisotopic (exact) mass is 507 g/mol. The molecule has 1 aromatic rings. The Morgan fingerprint density at radius 2 is 1.78 bits per heavy atom. The number of rotatable bonds is 8. The number of carbonyl (C=O) groups is 2. The van der Waals surface area contributed by atoms with Gasteiger partial charge in [0, 0.05) is 31.8 Å². The van der Waals surface area contributed by atoms with E-state index in [1.807, 2.05) is 27.7 Å². The Balaban J connectivity index is 1.70. The fraction of sp³-hybridized carbons (Fsp3) is 0.643. The lowest BCUT2D eigenvalue weighted by molar-refractivity contribution is -0.224. The van der Waals surface area contributed by atoms with Gasteiger partial charge in [-0.3, -0.25) is 9.59 Å². The first-order chi connectivity index (χ1) is 16.6. The molecule has 1 heterocycles. The number of carboxylic acids is 1. The second-order valence-electron chi connectivity index (χ2n) is 12.4. The van der Waals surface area contributed by atoms with Crippen molar-refractivity contribution in [2.75, 3.05) is 13.7 Å². The first-order valence-electron chi connectivity index (χ1n) is 12.5. The van der Waals surface area contributed by atoms with Gasteiger partial charge in [-0.25, -0.2) is 0 Å². The van der Waals surface area contributed by atoms with Crippen LogP contribution in [-0.2, 0) is 32.3 Å². The highest BCUT2D eigenvalue weighted by atomic mass is 19.4. The zero-order valence-corrected chi connectivity index (χ0v) is 21.7. The smallest absolute Gasteiger partial charge is 0.416 e. The Kier molecular flexibility index (Phi) is 6.38. The number of alkyl halides is 3. The van der Waals surface area contributed by atoms with Gasteiger partial charge in [0.2, 0.25) is 5.91 Å². The van der Waals surface area contributed by atoms with Crippen LogP contribution in [0.5, 0.6) is 0 Å². The van der Waals surface area contributed by atoms with Gasteiger partial charge in [-0.1, -0.05) is 39.8 Å². The van der Waals surface area contributed by atoms with Crippen molar-refractivity contribution in [1.29, 1.82) is 0 Å². The van der Waals surface area contributed by atoms with Crippen LogP contribution in [0.25, 0.3) is 0 Å². The molecule has 3 aliphatic carbocycles. The molecule has 1 aromatic carbocycles. The highest BCUT2D eigenvalue weighted by Crippen LogP contribution is 2.70. The van der Waals surface area contributed by atoms with Gasteiger partial charge in [0.15, 0.2) is 0 Å². The molecule has 1 aliphatic heterocycles. The summed E-state index contributed by atoms with van der Waals surface area (Å²) in [6.45, 7) is 8.21. The van der Waals surface area contributed by atoms with Gasteiger partial charge in [-0.2, -0.15) is 13.2 Å². The number of ether oxygens (including phenoxy) is 1. The lowest BCUT2D eigenvalue weighted by Crippen LogP contribution is -2.77. The fourth-order valence-corrected chi connectivity index (χ4v) is 6.24. The summed E-state index contributed by atoms with van der Waals surface area (Å²) in [4.78, 5) is 26.6. The number of halogens is 3. The molecule has 4 aliphatic rings. The maximum atomic E-state index is 14.1. The maximum absolute atomic E-state index is 14.1. The number of amides is 1. The molecule has 3 saturated carbocycles.